The minimum Gasteiger partial charge on any atom is -0.352 e. The largest absolute Gasteiger partial charge is 0.352 e. The van der Waals surface area contributed by atoms with Gasteiger partial charge in [-0.3, -0.25) is 4.79 Å². The van der Waals surface area contributed by atoms with Gasteiger partial charge < -0.3 is 5.32 Å². The number of hydrogen-bond acceptors (Lipinski definition) is 2. The molecule has 1 N–H and O–H groups in total. The molecule has 66 valence electrons. The van der Waals surface area contributed by atoms with Crippen molar-refractivity contribution in [3.8, 4) is 6.07 Å². The van der Waals surface area contributed by atoms with Crippen LogP contribution in [0.25, 0.3) is 0 Å². The van der Waals surface area contributed by atoms with Gasteiger partial charge in [0.2, 0.25) is 12.3 Å². The molecule has 0 aromatic rings. The molecule has 0 bridgehead atoms. The third-order valence-electron chi connectivity index (χ3n) is 1.75. The molecule has 0 aromatic heterocycles. The first kappa shape index (κ1) is 8.91. The lowest BCUT2D eigenvalue weighted by Gasteiger charge is -1.99. The fourth-order valence-electron chi connectivity index (χ4n) is 0.989. The minimum atomic E-state index is -2.36. The van der Waals surface area contributed by atoms with Crippen LogP contribution >= 0.6 is 0 Å². The topological polar surface area (TPSA) is 52.9 Å². The zero-order valence-corrected chi connectivity index (χ0v) is 6.26. The van der Waals surface area contributed by atoms with Crippen molar-refractivity contribution in [2.24, 2.45) is 5.92 Å². The van der Waals surface area contributed by atoms with E-state index in [1.807, 2.05) is 0 Å². The van der Waals surface area contributed by atoms with E-state index in [1.165, 1.54) is 0 Å². The molecule has 1 aliphatic rings. The van der Waals surface area contributed by atoms with Crippen LogP contribution in [0.4, 0.5) is 8.78 Å². The van der Waals surface area contributed by atoms with Crippen LogP contribution in [0.3, 0.4) is 0 Å². The fourth-order valence-corrected chi connectivity index (χ4v) is 0.989. The summed E-state index contributed by atoms with van der Waals surface area (Å²) in [5.41, 5.74) is 0. The van der Waals surface area contributed by atoms with E-state index in [0.717, 1.165) is 0 Å². The normalized spacial score (nSPS) is 26.5. The van der Waals surface area contributed by atoms with Crippen molar-refractivity contribution in [1.82, 2.24) is 5.32 Å². The van der Waals surface area contributed by atoms with Gasteiger partial charge in [-0.25, -0.2) is 8.78 Å². The number of rotatable bonds is 3. The van der Waals surface area contributed by atoms with E-state index in [0.29, 0.717) is 6.42 Å². The second kappa shape index (κ2) is 3.48. The van der Waals surface area contributed by atoms with Gasteiger partial charge in [-0.2, -0.15) is 5.26 Å². The Morgan fingerprint density at radius 1 is 1.75 bits per heavy atom. The predicted molar refractivity (Wildman–Crippen MR) is 36.3 cm³/mol. The van der Waals surface area contributed by atoms with Crippen molar-refractivity contribution in [2.75, 3.05) is 0 Å². The van der Waals surface area contributed by atoms with E-state index in [9.17, 15) is 13.6 Å². The molecular weight excluding hydrogens is 166 g/mol. The molecule has 12 heavy (non-hydrogen) atoms. The minimum absolute atomic E-state index is 0.257. The molecule has 0 aromatic carbocycles. The van der Waals surface area contributed by atoms with Gasteiger partial charge in [0, 0.05) is 12.0 Å². The van der Waals surface area contributed by atoms with Crippen LogP contribution in [0.5, 0.6) is 0 Å². The van der Waals surface area contributed by atoms with Gasteiger partial charge in [-0.15, -0.1) is 0 Å². The molecule has 3 nitrogen and oxygen atoms in total. The number of halogens is 2. The van der Waals surface area contributed by atoms with E-state index in [2.05, 4.69) is 5.32 Å². The monoisotopic (exact) mass is 174 g/mol. The van der Waals surface area contributed by atoms with Gasteiger partial charge in [-0.1, -0.05) is 0 Å². The second-order valence-corrected chi connectivity index (χ2v) is 2.74. The first-order valence-corrected chi connectivity index (χ1v) is 3.59. The van der Waals surface area contributed by atoms with E-state index in [1.54, 1.807) is 6.07 Å². The third kappa shape index (κ3) is 2.16. The SMILES string of the molecule is N#CCC(=O)N[C@H]1C[C@@H]1C(F)F. The van der Waals surface area contributed by atoms with E-state index >= 15 is 0 Å². The highest BCUT2D eigenvalue weighted by Crippen LogP contribution is 2.35. The highest BCUT2D eigenvalue weighted by atomic mass is 19.3. The van der Waals surface area contributed by atoms with Crippen LogP contribution in [-0.4, -0.2) is 18.4 Å². The Kier molecular flexibility index (Phi) is 2.58. The van der Waals surface area contributed by atoms with Crippen molar-refractivity contribution in [2.45, 2.75) is 25.3 Å². The number of carbonyl (C=O) groups excluding carboxylic acids is 1. The lowest BCUT2D eigenvalue weighted by Crippen LogP contribution is -2.27. The van der Waals surface area contributed by atoms with Gasteiger partial charge >= 0.3 is 0 Å². The van der Waals surface area contributed by atoms with Crippen molar-refractivity contribution < 1.29 is 13.6 Å². The summed E-state index contributed by atoms with van der Waals surface area (Å²) in [6, 6.07) is 1.23. The van der Waals surface area contributed by atoms with Crippen molar-refractivity contribution in [3.05, 3.63) is 0 Å². The summed E-state index contributed by atoms with van der Waals surface area (Å²) >= 11 is 0. The molecule has 0 aliphatic heterocycles. The summed E-state index contributed by atoms with van der Waals surface area (Å²) in [6.07, 6.45) is -2.29. The van der Waals surface area contributed by atoms with Crippen LogP contribution in [0, 0.1) is 17.2 Å². The Morgan fingerprint density at radius 3 is 2.83 bits per heavy atom. The predicted octanol–water partition coefficient (Wildman–Crippen LogP) is 0.670. The molecule has 0 radical (unpaired) electrons. The van der Waals surface area contributed by atoms with Crippen LogP contribution in [0.15, 0.2) is 0 Å². The number of hydrogen-bond donors (Lipinski definition) is 1. The zero-order valence-electron chi connectivity index (χ0n) is 6.26. The molecule has 0 spiro atoms. The Labute approximate surface area is 68.4 Å². The lowest BCUT2D eigenvalue weighted by atomic mass is 10.4. The number of nitrogens with zero attached hydrogens (tertiary/aromatic N) is 1. The van der Waals surface area contributed by atoms with Crippen LogP contribution in [-0.2, 0) is 4.79 Å². The van der Waals surface area contributed by atoms with Crippen molar-refractivity contribution >= 4 is 5.91 Å². The van der Waals surface area contributed by atoms with Gasteiger partial charge in [0.05, 0.1) is 6.07 Å². The van der Waals surface area contributed by atoms with Gasteiger partial charge in [-0.05, 0) is 6.42 Å². The Hall–Kier alpha value is -1.18. The Morgan fingerprint density at radius 2 is 2.42 bits per heavy atom. The summed E-state index contributed by atoms with van der Waals surface area (Å²) < 4.78 is 23.8. The van der Waals surface area contributed by atoms with Crippen LogP contribution in [0.1, 0.15) is 12.8 Å². The number of amides is 1. The number of nitriles is 1. The van der Waals surface area contributed by atoms with E-state index < -0.39 is 24.3 Å². The van der Waals surface area contributed by atoms with Crippen LogP contribution < -0.4 is 5.32 Å². The molecule has 2 atom stereocenters. The highest BCUT2D eigenvalue weighted by molar-refractivity contribution is 5.78. The summed E-state index contributed by atoms with van der Waals surface area (Å²) in [4.78, 5) is 10.7. The summed E-state index contributed by atoms with van der Waals surface area (Å²) in [5, 5.41) is 10.4. The molecule has 0 saturated heterocycles. The molecule has 1 amide bonds. The van der Waals surface area contributed by atoms with Crippen molar-refractivity contribution in [1.29, 1.82) is 5.26 Å². The Balaban J connectivity index is 2.20. The first-order chi connectivity index (χ1) is 5.65. The average Bonchev–Trinajstić information content (AvgIpc) is 2.67. The molecule has 0 unspecified atom stereocenters. The van der Waals surface area contributed by atoms with Gasteiger partial charge in [0.1, 0.15) is 6.42 Å². The first-order valence-electron chi connectivity index (χ1n) is 3.59. The third-order valence-corrected chi connectivity index (χ3v) is 1.75. The summed E-state index contributed by atoms with van der Waals surface area (Å²) in [7, 11) is 0. The maximum absolute atomic E-state index is 11.9. The highest BCUT2D eigenvalue weighted by Gasteiger charge is 2.44. The smallest absolute Gasteiger partial charge is 0.243 e. The molecule has 5 heteroatoms. The van der Waals surface area contributed by atoms with E-state index in [-0.39, 0.29) is 6.42 Å². The summed E-state index contributed by atoms with van der Waals surface area (Å²) in [5.74, 6) is -1.17. The molecule has 1 fully saturated rings. The van der Waals surface area contributed by atoms with E-state index in [4.69, 9.17) is 5.26 Å². The second-order valence-electron chi connectivity index (χ2n) is 2.74. The quantitative estimate of drug-likeness (QED) is 0.683. The maximum Gasteiger partial charge on any atom is 0.243 e. The average molecular weight is 174 g/mol. The van der Waals surface area contributed by atoms with Gasteiger partial charge in [0.25, 0.3) is 0 Å². The molecule has 1 saturated carbocycles. The zero-order chi connectivity index (χ0) is 9.14. The van der Waals surface area contributed by atoms with Crippen LogP contribution in [0.2, 0.25) is 0 Å². The molecule has 1 aliphatic carbocycles. The lowest BCUT2D eigenvalue weighted by molar-refractivity contribution is -0.120. The summed E-state index contributed by atoms with van der Waals surface area (Å²) in [6.45, 7) is 0. The fraction of sp³-hybridized carbons (Fsp3) is 0.714. The maximum atomic E-state index is 11.9. The van der Waals surface area contributed by atoms with Crippen molar-refractivity contribution in [3.63, 3.8) is 0 Å². The molecule has 1 rings (SSSR count). The van der Waals surface area contributed by atoms with Gasteiger partial charge in [0.15, 0.2) is 0 Å². The molecule has 0 heterocycles. The number of carbonyl (C=O) groups is 1. The standard InChI is InChI=1S/C7H8F2N2O/c8-7(9)4-3-5(4)11-6(12)1-2-10/h4-5,7H,1,3H2,(H,11,12)/t4-,5-/m0/s1. The molecular formula is C7H8F2N2O. The number of nitrogens with one attached hydrogen (secondary N) is 1. The number of alkyl halides is 2. The Bertz CT molecular complexity index is 224.